The molecule has 0 aliphatic heterocycles. The van der Waals surface area contributed by atoms with Crippen LogP contribution in [0.3, 0.4) is 0 Å². The maximum atomic E-state index is 12.3. The smallest absolute Gasteiger partial charge is 0.251 e. The first-order valence-electron chi connectivity index (χ1n) is 8.43. The molecule has 0 bridgehead atoms. The molecule has 26 heavy (non-hydrogen) atoms. The zero-order chi connectivity index (χ0) is 17.9. The third-order valence-electron chi connectivity index (χ3n) is 4.23. The van der Waals surface area contributed by atoms with Crippen molar-refractivity contribution < 1.29 is 4.79 Å². The van der Waals surface area contributed by atoms with Crippen LogP contribution in [0.25, 0.3) is 22.4 Å². The van der Waals surface area contributed by atoms with Crippen molar-refractivity contribution in [1.82, 2.24) is 20.3 Å². The van der Waals surface area contributed by atoms with Crippen molar-refractivity contribution in [2.24, 2.45) is 0 Å². The number of fused-ring (bicyclic) bond motifs is 1. The third-order valence-corrected chi connectivity index (χ3v) is 4.23. The summed E-state index contributed by atoms with van der Waals surface area (Å²) in [6, 6.07) is 17.3. The van der Waals surface area contributed by atoms with Gasteiger partial charge in [0.25, 0.3) is 5.91 Å². The number of hydrogen-bond acceptors (Lipinski definition) is 3. The van der Waals surface area contributed by atoms with E-state index >= 15 is 0 Å². The Morgan fingerprint density at radius 2 is 1.96 bits per heavy atom. The first kappa shape index (κ1) is 16.0. The van der Waals surface area contributed by atoms with E-state index in [2.05, 4.69) is 33.3 Å². The second-order valence-corrected chi connectivity index (χ2v) is 6.23. The molecule has 5 heteroatoms. The number of carbonyl (C=O) groups is 1. The second-order valence-electron chi connectivity index (χ2n) is 6.23. The van der Waals surface area contributed by atoms with Crippen LogP contribution in [0, 0.1) is 6.92 Å². The molecule has 2 heterocycles. The van der Waals surface area contributed by atoms with E-state index in [1.165, 1.54) is 5.56 Å². The van der Waals surface area contributed by atoms with Crippen LogP contribution >= 0.6 is 0 Å². The van der Waals surface area contributed by atoms with Gasteiger partial charge in [-0.1, -0.05) is 24.3 Å². The van der Waals surface area contributed by atoms with Gasteiger partial charge in [0.05, 0.1) is 11.0 Å². The van der Waals surface area contributed by atoms with Gasteiger partial charge in [0.2, 0.25) is 0 Å². The Morgan fingerprint density at radius 1 is 1.12 bits per heavy atom. The van der Waals surface area contributed by atoms with Gasteiger partial charge < -0.3 is 10.3 Å². The fourth-order valence-corrected chi connectivity index (χ4v) is 2.83. The van der Waals surface area contributed by atoms with Crippen LogP contribution in [0.2, 0.25) is 0 Å². The Hall–Kier alpha value is -3.47. The maximum Gasteiger partial charge on any atom is 0.251 e. The Kier molecular flexibility index (Phi) is 4.19. The molecule has 5 nitrogen and oxygen atoms in total. The van der Waals surface area contributed by atoms with Gasteiger partial charge in [-0.25, -0.2) is 4.98 Å². The largest absolute Gasteiger partial charge is 0.348 e. The van der Waals surface area contributed by atoms with Gasteiger partial charge in [0, 0.05) is 30.1 Å². The Labute approximate surface area is 151 Å². The molecular weight excluding hydrogens is 324 g/mol. The van der Waals surface area contributed by atoms with E-state index in [9.17, 15) is 4.79 Å². The van der Waals surface area contributed by atoms with Gasteiger partial charge >= 0.3 is 0 Å². The number of carbonyl (C=O) groups excluding carboxylic acids is 1. The molecule has 0 saturated carbocycles. The lowest BCUT2D eigenvalue weighted by atomic mass is 10.1. The number of pyridine rings is 1. The summed E-state index contributed by atoms with van der Waals surface area (Å²) in [5, 5.41) is 2.90. The molecule has 0 aliphatic carbocycles. The number of H-pyrrole nitrogens is 1. The molecule has 0 radical (unpaired) electrons. The Morgan fingerprint density at radius 3 is 2.73 bits per heavy atom. The quantitative estimate of drug-likeness (QED) is 0.591. The number of benzene rings is 2. The van der Waals surface area contributed by atoms with Crippen LogP contribution in [0.1, 0.15) is 21.5 Å². The van der Waals surface area contributed by atoms with E-state index in [0.717, 1.165) is 28.0 Å². The predicted octanol–water partition coefficient (Wildman–Crippen LogP) is 3.86. The van der Waals surface area contributed by atoms with Crippen LogP contribution < -0.4 is 5.32 Å². The number of nitrogens with zero attached hydrogens (tertiary/aromatic N) is 2. The second kappa shape index (κ2) is 6.80. The molecule has 2 N–H and O–H groups in total. The zero-order valence-corrected chi connectivity index (χ0v) is 14.4. The molecule has 4 rings (SSSR count). The van der Waals surface area contributed by atoms with E-state index in [4.69, 9.17) is 0 Å². The van der Waals surface area contributed by atoms with Crippen molar-refractivity contribution in [3.8, 4) is 11.4 Å². The van der Waals surface area contributed by atoms with Crippen molar-refractivity contribution in [3.63, 3.8) is 0 Å². The molecule has 0 saturated heterocycles. The normalized spacial score (nSPS) is 10.8. The number of rotatable bonds is 4. The van der Waals surface area contributed by atoms with Gasteiger partial charge in [0.15, 0.2) is 0 Å². The summed E-state index contributed by atoms with van der Waals surface area (Å²) in [4.78, 5) is 24.3. The monoisotopic (exact) mass is 342 g/mol. The van der Waals surface area contributed by atoms with Crippen LogP contribution in [-0.2, 0) is 6.54 Å². The Bertz CT molecular complexity index is 1050. The molecule has 0 atom stereocenters. The highest BCUT2D eigenvalue weighted by atomic mass is 16.1. The fourth-order valence-electron chi connectivity index (χ4n) is 2.83. The number of imidazole rings is 1. The molecule has 128 valence electrons. The number of amides is 1. The van der Waals surface area contributed by atoms with Gasteiger partial charge in [-0.05, 0) is 48.4 Å². The minimum Gasteiger partial charge on any atom is -0.348 e. The van der Waals surface area contributed by atoms with E-state index in [0.29, 0.717) is 12.1 Å². The van der Waals surface area contributed by atoms with Gasteiger partial charge in [-0.2, -0.15) is 0 Å². The predicted molar refractivity (Wildman–Crippen MR) is 102 cm³/mol. The highest BCUT2D eigenvalue weighted by molar-refractivity contribution is 5.94. The molecule has 4 aromatic rings. The van der Waals surface area contributed by atoms with Crippen LogP contribution in [0.4, 0.5) is 0 Å². The highest BCUT2D eigenvalue weighted by Gasteiger charge is 2.08. The average molecular weight is 342 g/mol. The lowest BCUT2D eigenvalue weighted by molar-refractivity contribution is 0.0951. The van der Waals surface area contributed by atoms with Crippen molar-refractivity contribution in [2.75, 3.05) is 0 Å². The summed E-state index contributed by atoms with van der Waals surface area (Å²) in [6.45, 7) is 2.51. The van der Waals surface area contributed by atoms with E-state index in [1.807, 2.05) is 48.5 Å². The summed E-state index contributed by atoms with van der Waals surface area (Å²) >= 11 is 0. The number of aryl methyl sites for hydroxylation is 1. The van der Waals surface area contributed by atoms with Crippen LogP contribution in [-0.4, -0.2) is 20.9 Å². The number of hydrogen-bond donors (Lipinski definition) is 2. The van der Waals surface area contributed by atoms with Crippen molar-refractivity contribution in [2.45, 2.75) is 13.5 Å². The van der Waals surface area contributed by atoms with Crippen molar-refractivity contribution in [3.05, 3.63) is 83.7 Å². The van der Waals surface area contributed by atoms with Gasteiger partial charge in [0.1, 0.15) is 5.82 Å². The summed E-state index contributed by atoms with van der Waals surface area (Å²) in [5.41, 5.74) is 5.66. The SMILES string of the molecule is Cc1ccc2nc(-c3ccc(C(=O)NCc4cccnc4)cc3)[nH]c2c1. The zero-order valence-electron chi connectivity index (χ0n) is 14.4. The fraction of sp³-hybridized carbons (Fsp3) is 0.0952. The standard InChI is InChI=1S/C21H18N4O/c1-14-4-9-18-19(11-14)25-20(24-18)16-5-7-17(8-6-16)21(26)23-13-15-3-2-10-22-12-15/h2-12H,13H2,1H3,(H,23,26)(H,24,25). The molecule has 1 amide bonds. The molecule has 0 spiro atoms. The minimum atomic E-state index is -0.111. The minimum absolute atomic E-state index is 0.111. The number of nitrogens with one attached hydrogen (secondary N) is 2. The van der Waals surface area contributed by atoms with E-state index < -0.39 is 0 Å². The van der Waals surface area contributed by atoms with Gasteiger partial charge in [-0.15, -0.1) is 0 Å². The van der Waals surface area contributed by atoms with E-state index in [-0.39, 0.29) is 5.91 Å². The maximum absolute atomic E-state index is 12.3. The van der Waals surface area contributed by atoms with Crippen molar-refractivity contribution >= 4 is 16.9 Å². The molecule has 2 aromatic carbocycles. The number of aromatic amines is 1. The molecule has 0 aliphatic rings. The molecule has 2 aromatic heterocycles. The molecule has 0 fully saturated rings. The summed E-state index contributed by atoms with van der Waals surface area (Å²) in [6.07, 6.45) is 3.45. The van der Waals surface area contributed by atoms with Crippen LogP contribution in [0.15, 0.2) is 67.0 Å². The van der Waals surface area contributed by atoms with Gasteiger partial charge in [-0.3, -0.25) is 9.78 Å². The van der Waals surface area contributed by atoms with E-state index in [1.54, 1.807) is 12.4 Å². The molecular formula is C21H18N4O. The van der Waals surface area contributed by atoms with Crippen molar-refractivity contribution in [1.29, 1.82) is 0 Å². The lowest BCUT2D eigenvalue weighted by Crippen LogP contribution is -2.22. The molecule has 0 unspecified atom stereocenters. The average Bonchev–Trinajstić information content (AvgIpc) is 3.10. The van der Waals surface area contributed by atoms with Crippen LogP contribution in [0.5, 0.6) is 0 Å². The lowest BCUT2D eigenvalue weighted by Gasteiger charge is -2.05. The summed E-state index contributed by atoms with van der Waals surface area (Å²) < 4.78 is 0. The Balaban J connectivity index is 1.49. The topological polar surface area (TPSA) is 70.7 Å². The summed E-state index contributed by atoms with van der Waals surface area (Å²) in [5.74, 6) is 0.688. The third kappa shape index (κ3) is 3.32. The first-order chi connectivity index (χ1) is 12.7. The highest BCUT2D eigenvalue weighted by Crippen LogP contribution is 2.21. The number of aromatic nitrogens is 3. The first-order valence-corrected chi connectivity index (χ1v) is 8.43. The summed E-state index contributed by atoms with van der Waals surface area (Å²) in [7, 11) is 0.